The van der Waals surface area contributed by atoms with Gasteiger partial charge in [0.2, 0.25) is 10.0 Å². The molecule has 0 aliphatic carbocycles. The van der Waals surface area contributed by atoms with Gasteiger partial charge >= 0.3 is 5.97 Å². The van der Waals surface area contributed by atoms with Gasteiger partial charge in [-0.3, -0.25) is 9.69 Å². The molecule has 122 valence electrons. The molecule has 3 unspecified atom stereocenters. The Labute approximate surface area is 127 Å². The van der Waals surface area contributed by atoms with Crippen molar-refractivity contribution in [2.45, 2.75) is 38.6 Å². The van der Waals surface area contributed by atoms with Gasteiger partial charge in [0.05, 0.1) is 6.26 Å². The van der Waals surface area contributed by atoms with E-state index in [1.54, 1.807) is 0 Å². The normalized spacial score (nSPS) is 33.0. The second-order valence-electron chi connectivity index (χ2n) is 6.61. The van der Waals surface area contributed by atoms with Crippen LogP contribution in [0.3, 0.4) is 0 Å². The summed E-state index contributed by atoms with van der Waals surface area (Å²) in [6.07, 6.45) is 4.80. The van der Waals surface area contributed by atoms with Crippen LogP contribution in [0.15, 0.2) is 0 Å². The number of sulfonamides is 1. The molecule has 0 aromatic carbocycles. The summed E-state index contributed by atoms with van der Waals surface area (Å²) < 4.78 is 24.8. The van der Waals surface area contributed by atoms with E-state index in [9.17, 15) is 18.3 Å². The van der Waals surface area contributed by atoms with Gasteiger partial charge in [-0.15, -0.1) is 0 Å². The Balaban J connectivity index is 1.98. The minimum atomic E-state index is -3.14. The topological polar surface area (TPSA) is 77.9 Å². The number of hydrogen-bond acceptors (Lipinski definition) is 4. The van der Waals surface area contributed by atoms with Crippen molar-refractivity contribution in [3.63, 3.8) is 0 Å². The molecule has 0 saturated carbocycles. The first-order valence-electron chi connectivity index (χ1n) is 7.69. The molecule has 0 aromatic heterocycles. The van der Waals surface area contributed by atoms with Crippen molar-refractivity contribution in [1.82, 2.24) is 9.21 Å². The largest absolute Gasteiger partial charge is 0.480 e. The molecule has 2 rings (SSSR count). The molecule has 2 fully saturated rings. The number of likely N-dealkylation sites (tertiary alicyclic amines) is 1. The predicted octanol–water partition coefficient (Wildman–Crippen LogP) is 0.843. The molecule has 2 aliphatic rings. The molecule has 0 bridgehead atoms. The fraction of sp³-hybridized carbons (Fsp3) is 0.929. The van der Waals surface area contributed by atoms with Crippen molar-refractivity contribution in [1.29, 1.82) is 0 Å². The maximum atomic E-state index is 11.7. The number of aliphatic carboxylic acids is 1. The number of nitrogens with zero attached hydrogens (tertiary/aromatic N) is 2. The molecule has 0 spiro atoms. The zero-order chi connectivity index (χ0) is 15.6. The van der Waals surface area contributed by atoms with Crippen molar-refractivity contribution in [2.75, 3.05) is 32.4 Å². The van der Waals surface area contributed by atoms with Crippen molar-refractivity contribution in [3.8, 4) is 0 Å². The smallest absolute Gasteiger partial charge is 0.320 e. The van der Waals surface area contributed by atoms with Gasteiger partial charge in [0, 0.05) is 19.6 Å². The Bertz CT molecular complexity index is 479. The monoisotopic (exact) mass is 318 g/mol. The second-order valence-corrected chi connectivity index (χ2v) is 8.59. The highest BCUT2D eigenvalue weighted by Crippen LogP contribution is 2.26. The van der Waals surface area contributed by atoms with Crippen molar-refractivity contribution < 1.29 is 18.3 Å². The Hall–Kier alpha value is -0.660. The van der Waals surface area contributed by atoms with Crippen LogP contribution in [0.2, 0.25) is 0 Å². The molecule has 0 aromatic rings. The lowest BCUT2D eigenvalue weighted by Crippen LogP contribution is -2.51. The molecule has 0 amide bonds. The Kier molecular flexibility index (Phi) is 5.27. The van der Waals surface area contributed by atoms with Gasteiger partial charge in [0.15, 0.2) is 0 Å². The summed E-state index contributed by atoms with van der Waals surface area (Å²) in [4.78, 5) is 13.5. The van der Waals surface area contributed by atoms with Gasteiger partial charge in [-0.05, 0) is 44.1 Å². The number of carbonyl (C=O) groups is 1. The van der Waals surface area contributed by atoms with Crippen molar-refractivity contribution in [3.05, 3.63) is 0 Å². The highest BCUT2D eigenvalue weighted by molar-refractivity contribution is 7.88. The van der Waals surface area contributed by atoms with Crippen molar-refractivity contribution in [2.24, 2.45) is 11.8 Å². The van der Waals surface area contributed by atoms with Gasteiger partial charge in [-0.1, -0.05) is 6.92 Å². The molecule has 2 heterocycles. The first kappa shape index (κ1) is 16.7. The SMILES string of the molecule is CC1CCN(CC2CCCN(S(C)(=O)=O)C2)C(C(=O)O)C1. The van der Waals surface area contributed by atoms with Crippen LogP contribution in [0.25, 0.3) is 0 Å². The highest BCUT2D eigenvalue weighted by Gasteiger charge is 2.34. The van der Waals surface area contributed by atoms with Gasteiger partial charge < -0.3 is 5.11 Å². The minimum Gasteiger partial charge on any atom is -0.480 e. The standard InChI is InChI=1S/C14H26N2O4S/c1-11-5-7-15(13(8-11)14(17)18)9-12-4-3-6-16(10-12)21(2,19)20/h11-13H,3-10H2,1-2H3,(H,17,18). The molecule has 1 N–H and O–H groups in total. The summed E-state index contributed by atoms with van der Waals surface area (Å²) in [6, 6.07) is -0.414. The Morgan fingerprint density at radius 3 is 2.62 bits per heavy atom. The second kappa shape index (κ2) is 6.62. The zero-order valence-corrected chi connectivity index (χ0v) is 13.7. The lowest BCUT2D eigenvalue weighted by molar-refractivity contribution is -0.145. The number of rotatable bonds is 4. The third-order valence-corrected chi connectivity index (χ3v) is 5.97. The summed E-state index contributed by atoms with van der Waals surface area (Å²) >= 11 is 0. The lowest BCUT2D eigenvalue weighted by Gasteiger charge is -2.40. The highest BCUT2D eigenvalue weighted by atomic mass is 32.2. The van der Waals surface area contributed by atoms with E-state index in [1.165, 1.54) is 10.6 Å². The van der Waals surface area contributed by atoms with Crippen LogP contribution in [0, 0.1) is 11.8 Å². The van der Waals surface area contributed by atoms with Crippen LogP contribution >= 0.6 is 0 Å². The van der Waals surface area contributed by atoms with E-state index >= 15 is 0 Å². The number of carboxylic acids is 1. The first-order valence-corrected chi connectivity index (χ1v) is 9.54. The fourth-order valence-corrected chi connectivity index (χ4v) is 4.42. The summed E-state index contributed by atoms with van der Waals surface area (Å²) in [5.74, 6) is -0.0673. The van der Waals surface area contributed by atoms with Crippen LogP contribution in [-0.2, 0) is 14.8 Å². The quantitative estimate of drug-likeness (QED) is 0.831. The van der Waals surface area contributed by atoms with Crippen LogP contribution < -0.4 is 0 Å². The Morgan fingerprint density at radius 2 is 2.00 bits per heavy atom. The minimum absolute atomic E-state index is 0.240. The lowest BCUT2D eigenvalue weighted by atomic mass is 9.90. The number of piperidine rings is 2. The van der Waals surface area contributed by atoms with Gasteiger partial charge in [0.25, 0.3) is 0 Å². The summed E-state index contributed by atoms with van der Waals surface area (Å²) in [5.41, 5.74) is 0. The van der Waals surface area contributed by atoms with E-state index < -0.39 is 22.0 Å². The van der Waals surface area contributed by atoms with E-state index in [-0.39, 0.29) is 5.92 Å². The van der Waals surface area contributed by atoms with Crippen LogP contribution in [0.5, 0.6) is 0 Å². The molecule has 3 atom stereocenters. The van der Waals surface area contributed by atoms with Crippen LogP contribution in [-0.4, -0.2) is 67.2 Å². The van der Waals surface area contributed by atoms with Crippen LogP contribution in [0.1, 0.15) is 32.6 Å². The zero-order valence-electron chi connectivity index (χ0n) is 12.9. The number of hydrogen-bond donors (Lipinski definition) is 1. The first-order chi connectivity index (χ1) is 9.77. The van der Waals surface area contributed by atoms with E-state index in [2.05, 4.69) is 6.92 Å². The summed E-state index contributed by atoms with van der Waals surface area (Å²) in [5, 5.41) is 9.39. The number of carboxylic acid groups (broad SMARTS) is 1. The van der Waals surface area contributed by atoms with Gasteiger partial charge in [-0.2, -0.15) is 0 Å². The third-order valence-electron chi connectivity index (χ3n) is 4.70. The average Bonchev–Trinajstić information content (AvgIpc) is 2.40. The van der Waals surface area contributed by atoms with E-state index in [4.69, 9.17) is 0 Å². The van der Waals surface area contributed by atoms with Gasteiger partial charge in [-0.25, -0.2) is 12.7 Å². The molecule has 7 heteroatoms. The molecule has 6 nitrogen and oxygen atoms in total. The maximum Gasteiger partial charge on any atom is 0.320 e. The van der Waals surface area contributed by atoms with E-state index in [0.717, 1.165) is 25.8 Å². The predicted molar refractivity (Wildman–Crippen MR) is 80.5 cm³/mol. The van der Waals surface area contributed by atoms with E-state index in [0.29, 0.717) is 32.0 Å². The average molecular weight is 318 g/mol. The van der Waals surface area contributed by atoms with Gasteiger partial charge in [0.1, 0.15) is 6.04 Å². The molecular formula is C14H26N2O4S. The van der Waals surface area contributed by atoms with E-state index in [1.807, 2.05) is 4.90 Å². The molecule has 2 saturated heterocycles. The molecule has 0 radical (unpaired) electrons. The maximum absolute atomic E-state index is 11.7. The third kappa shape index (κ3) is 4.40. The summed E-state index contributed by atoms with van der Waals surface area (Å²) in [6.45, 7) is 4.70. The van der Waals surface area contributed by atoms with Crippen LogP contribution in [0.4, 0.5) is 0 Å². The molecule has 2 aliphatic heterocycles. The summed E-state index contributed by atoms with van der Waals surface area (Å²) in [7, 11) is -3.14. The van der Waals surface area contributed by atoms with Crippen molar-refractivity contribution >= 4 is 16.0 Å². The molecular weight excluding hydrogens is 292 g/mol. The fourth-order valence-electron chi connectivity index (χ4n) is 3.47. The Morgan fingerprint density at radius 1 is 1.29 bits per heavy atom. The molecule has 21 heavy (non-hydrogen) atoms.